The van der Waals surface area contributed by atoms with E-state index in [2.05, 4.69) is 52.9 Å². The summed E-state index contributed by atoms with van der Waals surface area (Å²) in [6, 6.07) is 5.79. The molecular weight excluding hydrogens is 392 g/mol. The maximum Gasteiger partial charge on any atom is 0.183 e. The zero-order valence-electron chi connectivity index (χ0n) is 7.30. The SMILES string of the molecule is Nc1noc(-c2cc(Br)cc(Br)c2)c1Br. The van der Waals surface area contributed by atoms with Crippen LogP contribution in [0, 0.1) is 0 Å². The Balaban J connectivity index is 2.58. The van der Waals surface area contributed by atoms with Crippen molar-refractivity contribution in [2.75, 3.05) is 5.73 Å². The van der Waals surface area contributed by atoms with E-state index in [1.807, 2.05) is 18.2 Å². The summed E-state index contributed by atoms with van der Waals surface area (Å²) < 4.78 is 7.71. The molecule has 0 fully saturated rings. The minimum absolute atomic E-state index is 0.348. The van der Waals surface area contributed by atoms with Crippen molar-refractivity contribution in [1.29, 1.82) is 0 Å². The van der Waals surface area contributed by atoms with E-state index < -0.39 is 0 Å². The average molecular weight is 397 g/mol. The molecule has 2 rings (SSSR count). The van der Waals surface area contributed by atoms with Gasteiger partial charge in [0.15, 0.2) is 11.6 Å². The van der Waals surface area contributed by atoms with E-state index in [0.717, 1.165) is 14.5 Å². The van der Waals surface area contributed by atoms with Crippen LogP contribution >= 0.6 is 47.8 Å². The van der Waals surface area contributed by atoms with Crippen molar-refractivity contribution < 1.29 is 4.52 Å². The molecule has 0 saturated carbocycles. The van der Waals surface area contributed by atoms with Crippen molar-refractivity contribution in [2.45, 2.75) is 0 Å². The minimum Gasteiger partial charge on any atom is -0.380 e. The first-order chi connectivity index (χ1) is 7.08. The van der Waals surface area contributed by atoms with Crippen molar-refractivity contribution >= 4 is 53.6 Å². The summed E-state index contributed by atoms with van der Waals surface area (Å²) >= 11 is 10.1. The van der Waals surface area contributed by atoms with Gasteiger partial charge in [0.1, 0.15) is 4.47 Å². The van der Waals surface area contributed by atoms with Crippen LogP contribution in [0.4, 0.5) is 5.82 Å². The lowest BCUT2D eigenvalue weighted by molar-refractivity contribution is 0.435. The third kappa shape index (κ3) is 2.26. The predicted octanol–water partition coefficient (Wildman–Crippen LogP) is 4.21. The second-order valence-corrected chi connectivity index (χ2v) is 5.49. The monoisotopic (exact) mass is 394 g/mol. The zero-order chi connectivity index (χ0) is 11.0. The summed E-state index contributed by atoms with van der Waals surface area (Å²) in [5.41, 5.74) is 6.47. The predicted molar refractivity (Wildman–Crippen MR) is 69.5 cm³/mol. The first-order valence-corrected chi connectivity index (χ1v) is 6.33. The van der Waals surface area contributed by atoms with E-state index in [1.54, 1.807) is 0 Å². The van der Waals surface area contributed by atoms with Gasteiger partial charge < -0.3 is 10.3 Å². The van der Waals surface area contributed by atoms with Gasteiger partial charge in [-0.05, 0) is 34.1 Å². The maximum absolute atomic E-state index is 5.58. The van der Waals surface area contributed by atoms with Crippen LogP contribution in [-0.2, 0) is 0 Å². The summed E-state index contributed by atoms with van der Waals surface area (Å²) in [5.74, 6) is 0.968. The molecule has 0 aliphatic rings. The Kier molecular flexibility index (Phi) is 3.18. The van der Waals surface area contributed by atoms with Crippen molar-refractivity contribution in [2.24, 2.45) is 0 Å². The van der Waals surface area contributed by atoms with Crippen LogP contribution in [0.5, 0.6) is 0 Å². The molecule has 2 aromatic rings. The minimum atomic E-state index is 0.348. The summed E-state index contributed by atoms with van der Waals surface area (Å²) in [5, 5.41) is 3.68. The molecular formula is C9H5Br3N2O. The van der Waals surface area contributed by atoms with Crippen molar-refractivity contribution in [3.05, 3.63) is 31.6 Å². The smallest absolute Gasteiger partial charge is 0.183 e. The highest BCUT2D eigenvalue weighted by Gasteiger charge is 2.13. The Morgan fingerprint density at radius 2 is 1.67 bits per heavy atom. The third-order valence-corrected chi connectivity index (χ3v) is 3.47. The summed E-state index contributed by atoms with van der Waals surface area (Å²) in [6.07, 6.45) is 0. The Labute approximate surface area is 111 Å². The maximum atomic E-state index is 5.58. The highest BCUT2D eigenvalue weighted by atomic mass is 79.9. The average Bonchev–Trinajstić information content (AvgIpc) is 2.46. The fraction of sp³-hybridized carbons (Fsp3) is 0. The summed E-state index contributed by atoms with van der Waals surface area (Å²) in [4.78, 5) is 0. The second kappa shape index (κ2) is 4.27. The molecule has 0 unspecified atom stereocenters. The van der Waals surface area contributed by atoms with Gasteiger partial charge >= 0.3 is 0 Å². The lowest BCUT2D eigenvalue weighted by Crippen LogP contribution is -1.83. The van der Waals surface area contributed by atoms with Gasteiger partial charge in [-0.25, -0.2) is 0 Å². The molecule has 0 saturated heterocycles. The molecule has 0 aliphatic heterocycles. The zero-order valence-corrected chi connectivity index (χ0v) is 12.1. The standard InChI is InChI=1S/C9H5Br3N2O/c10-5-1-4(2-6(11)3-5)8-7(12)9(13)14-15-8/h1-3H,(H2,13,14). The Morgan fingerprint density at radius 1 is 1.07 bits per heavy atom. The Hall–Kier alpha value is -0.330. The Bertz CT molecular complexity index is 490. The summed E-state index contributed by atoms with van der Waals surface area (Å²) in [7, 11) is 0. The van der Waals surface area contributed by atoms with Gasteiger partial charge in [0.25, 0.3) is 0 Å². The summed E-state index contributed by atoms with van der Waals surface area (Å²) in [6.45, 7) is 0. The third-order valence-electron chi connectivity index (χ3n) is 1.78. The number of nitrogens with zero attached hydrogens (tertiary/aromatic N) is 1. The molecule has 1 aromatic heterocycles. The number of halogens is 3. The van der Waals surface area contributed by atoms with Crippen LogP contribution in [-0.4, -0.2) is 5.16 Å². The van der Waals surface area contributed by atoms with Gasteiger partial charge in [-0.2, -0.15) is 0 Å². The van der Waals surface area contributed by atoms with Crippen molar-refractivity contribution in [3.8, 4) is 11.3 Å². The fourth-order valence-corrected chi connectivity index (χ4v) is 2.82. The van der Waals surface area contributed by atoms with Gasteiger partial charge in [0, 0.05) is 14.5 Å². The molecule has 78 valence electrons. The lowest BCUT2D eigenvalue weighted by atomic mass is 10.2. The topological polar surface area (TPSA) is 52.0 Å². The van der Waals surface area contributed by atoms with Crippen LogP contribution in [0.3, 0.4) is 0 Å². The van der Waals surface area contributed by atoms with E-state index in [1.165, 1.54) is 0 Å². The van der Waals surface area contributed by atoms with Crippen LogP contribution in [0.2, 0.25) is 0 Å². The van der Waals surface area contributed by atoms with Gasteiger partial charge in [-0.1, -0.05) is 37.0 Å². The van der Waals surface area contributed by atoms with E-state index in [9.17, 15) is 0 Å². The molecule has 15 heavy (non-hydrogen) atoms. The molecule has 6 heteroatoms. The highest BCUT2D eigenvalue weighted by molar-refractivity contribution is 9.11. The molecule has 0 radical (unpaired) electrons. The normalized spacial score (nSPS) is 10.6. The van der Waals surface area contributed by atoms with Crippen LogP contribution in [0.25, 0.3) is 11.3 Å². The molecule has 1 aromatic carbocycles. The second-order valence-electron chi connectivity index (χ2n) is 2.87. The number of aromatic nitrogens is 1. The van der Waals surface area contributed by atoms with Crippen LogP contribution in [0.1, 0.15) is 0 Å². The van der Waals surface area contributed by atoms with E-state index in [0.29, 0.717) is 16.1 Å². The van der Waals surface area contributed by atoms with Crippen molar-refractivity contribution in [1.82, 2.24) is 5.16 Å². The lowest BCUT2D eigenvalue weighted by Gasteiger charge is -1.99. The first kappa shape index (κ1) is 11.2. The van der Waals surface area contributed by atoms with E-state index >= 15 is 0 Å². The van der Waals surface area contributed by atoms with Gasteiger partial charge in [-0.3, -0.25) is 0 Å². The van der Waals surface area contributed by atoms with Crippen molar-refractivity contribution in [3.63, 3.8) is 0 Å². The fourth-order valence-electron chi connectivity index (χ4n) is 1.16. The Morgan fingerprint density at radius 3 is 2.13 bits per heavy atom. The molecule has 0 aliphatic carbocycles. The number of nitrogen functional groups attached to an aromatic ring is 1. The number of rotatable bonds is 1. The molecule has 1 heterocycles. The van der Waals surface area contributed by atoms with Gasteiger partial charge in [-0.15, -0.1) is 0 Å². The van der Waals surface area contributed by atoms with Gasteiger partial charge in [0.05, 0.1) is 0 Å². The van der Waals surface area contributed by atoms with Crippen LogP contribution in [0.15, 0.2) is 36.1 Å². The van der Waals surface area contributed by atoms with E-state index in [-0.39, 0.29) is 0 Å². The molecule has 0 atom stereocenters. The number of benzene rings is 1. The molecule has 0 bridgehead atoms. The largest absolute Gasteiger partial charge is 0.380 e. The molecule has 0 spiro atoms. The number of hydrogen-bond acceptors (Lipinski definition) is 3. The number of hydrogen-bond donors (Lipinski definition) is 1. The van der Waals surface area contributed by atoms with Crippen LogP contribution < -0.4 is 5.73 Å². The quantitative estimate of drug-likeness (QED) is 0.785. The first-order valence-electron chi connectivity index (χ1n) is 3.95. The number of nitrogens with two attached hydrogens (primary N) is 1. The molecule has 2 N–H and O–H groups in total. The van der Waals surface area contributed by atoms with E-state index in [4.69, 9.17) is 10.3 Å². The number of anilines is 1. The molecule has 3 nitrogen and oxygen atoms in total. The molecule has 0 amide bonds. The highest BCUT2D eigenvalue weighted by Crippen LogP contribution is 2.35. The van der Waals surface area contributed by atoms with Gasteiger partial charge in [0.2, 0.25) is 0 Å².